The van der Waals surface area contributed by atoms with E-state index in [0.29, 0.717) is 0 Å². The highest BCUT2D eigenvalue weighted by molar-refractivity contribution is 5.31. The van der Waals surface area contributed by atoms with Crippen molar-refractivity contribution in [3.8, 4) is 0 Å². The summed E-state index contributed by atoms with van der Waals surface area (Å²) in [7, 11) is 0. The smallest absolute Gasteiger partial charge is 0.349 e. The normalized spacial score (nSPS) is 31.5. The van der Waals surface area contributed by atoms with Gasteiger partial charge in [-0.3, -0.25) is 4.79 Å². The minimum atomic E-state index is -5.20. The molecule has 0 bridgehead atoms. The van der Waals surface area contributed by atoms with Crippen molar-refractivity contribution in [2.24, 2.45) is 5.92 Å². The second kappa shape index (κ2) is 4.82. The number of aromatic nitrogens is 1. The van der Waals surface area contributed by atoms with Crippen LogP contribution in [-0.4, -0.2) is 22.0 Å². The van der Waals surface area contributed by atoms with E-state index in [4.69, 9.17) is 0 Å². The Hall–Kier alpha value is -1.87. The number of aromatic amines is 1. The zero-order valence-corrected chi connectivity index (χ0v) is 11.5. The van der Waals surface area contributed by atoms with E-state index in [2.05, 4.69) is 4.52 Å². The van der Waals surface area contributed by atoms with Crippen LogP contribution in [0.5, 0.6) is 0 Å². The molecule has 2 heterocycles. The molecule has 2 atom stereocenters. The van der Waals surface area contributed by atoms with Gasteiger partial charge in [-0.05, 0) is 5.92 Å². The van der Waals surface area contributed by atoms with E-state index in [1.807, 2.05) is 0 Å². The summed E-state index contributed by atoms with van der Waals surface area (Å²) in [5, 5.41) is 0.312. The molecule has 10 heteroatoms. The molecule has 0 spiro atoms. The first-order valence-electron chi connectivity index (χ1n) is 6.24. The van der Waals surface area contributed by atoms with Gasteiger partial charge in [0.1, 0.15) is 0 Å². The van der Waals surface area contributed by atoms with Gasteiger partial charge >= 0.3 is 5.92 Å². The van der Waals surface area contributed by atoms with E-state index in [-0.39, 0.29) is 12.3 Å². The third kappa shape index (κ3) is 1.96. The summed E-state index contributed by atoms with van der Waals surface area (Å²) in [6.45, 7) is 2.60. The zero-order valence-electron chi connectivity index (χ0n) is 11.5. The first kappa shape index (κ1) is 16.5. The fourth-order valence-electron chi connectivity index (χ4n) is 2.32. The molecule has 124 valence electrons. The van der Waals surface area contributed by atoms with Crippen LogP contribution in [0.3, 0.4) is 0 Å². The van der Waals surface area contributed by atoms with Crippen molar-refractivity contribution in [3.05, 3.63) is 34.2 Å². The lowest BCUT2D eigenvalue weighted by Gasteiger charge is -2.45. The highest BCUT2D eigenvalue weighted by atomic mass is 19.3. The van der Waals surface area contributed by atoms with Crippen LogP contribution in [-0.2, 0) is 5.67 Å². The average molecular weight is 330 g/mol. The van der Waals surface area contributed by atoms with Gasteiger partial charge in [-0.15, -0.1) is 0 Å². The molecule has 0 fully saturated rings. The summed E-state index contributed by atoms with van der Waals surface area (Å²) in [5.74, 6) is -13.9. The molecule has 0 unspecified atom stereocenters. The molecular formula is C12H12F6N2O2. The SMILES string of the molecule is CC(C)C[C@@]1(F)N(F)C=C(F)[C@@](F)(c2cc(=O)[nH]o2)C1(F)F. The molecular weight excluding hydrogens is 318 g/mol. The van der Waals surface area contributed by atoms with Gasteiger partial charge in [0, 0.05) is 6.42 Å². The Morgan fingerprint density at radius 2 is 1.91 bits per heavy atom. The number of hydrogen-bond acceptors (Lipinski definition) is 3. The molecule has 1 aromatic rings. The summed E-state index contributed by atoms with van der Waals surface area (Å²) < 4.78 is 89.5. The summed E-state index contributed by atoms with van der Waals surface area (Å²) in [5.41, 5.74) is -5.58. The fourth-order valence-corrected chi connectivity index (χ4v) is 2.32. The van der Waals surface area contributed by atoms with Crippen LogP contribution in [0.1, 0.15) is 26.0 Å². The maximum Gasteiger partial charge on any atom is 0.349 e. The number of rotatable bonds is 3. The molecule has 2 rings (SSSR count). The van der Waals surface area contributed by atoms with Crippen molar-refractivity contribution in [2.75, 3.05) is 0 Å². The molecule has 0 saturated heterocycles. The number of hydrogen-bond donors (Lipinski definition) is 1. The van der Waals surface area contributed by atoms with Gasteiger partial charge in [-0.25, -0.2) is 13.2 Å². The number of H-pyrrole nitrogens is 1. The molecule has 1 N–H and O–H groups in total. The van der Waals surface area contributed by atoms with Crippen molar-refractivity contribution < 1.29 is 31.0 Å². The van der Waals surface area contributed by atoms with Gasteiger partial charge in [-0.2, -0.15) is 19.1 Å². The quantitative estimate of drug-likeness (QED) is 0.524. The largest absolute Gasteiger partial charge is 0.379 e. The van der Waals surface area contributed by atoms with E-state index in [1.54, 1.807) is 0 Å². The first-order valence-corrected chi connectivity index (χ1v) is 6.24. The second-order valence-electron chi connectivity index (χ2n) is 5.46. The summed E-state index contributed by atoms with van der Waals surface area (Å²) >= 11 is 0. The Labute approximate surface area is 120 Å². The van der Waals surface area contributed by atoms with E-state index in [0.717, 1.165) is 0 Å². The molecule has 0 radical (unpaired) electrons. The lowest BCUT2D eigenvalue weighted by atomic mass is 9.80. The van der Waals surface area contributed by atoms with Crippen LogP contribution in [0.4, 0.5) is 26.4 Å². The molecule has 0 saturated carbocycles. The van der Waals surface area contributed by atoms with Gasteiger partial charge in [0.2, 0.25) is 0 Å². The number of nitrogens with zero attached hydrogens (tertiary/aromatic N) is 1. The van der Waals surface area contributed by atoms with Gasteiger partial charge in [0.15, 0.2) is 11.6 Å². The van der Waals surface area contributed by atoms with Crippen LogP contribution >= 0.6 is 0 Å². The maximum atomic E-state index is 14.7. The van der Waals surface area contributed by atoms with Crippen molar-refractivity contribution in [1.82, 2.24) is 10.3 Å². The van der Waals surface area contributed by atoms with Crippen LogP contribution < -0.4 is 5.56 Å². The van der Waals surface area contributed by atoms with E-state index in [1.165, 1.54) is 19.0 Å². The molecule has 0 amide bonds. The van der Waals surface area contributed by atoms with Crippen LogP contribution in [0, 0.1) is 5.92 Å². The minimum absolute atomic E-state index is 0.213. The van der Waals surface area contributed by atoms with Crippen molar-refractivity contribution in [2.45, 2.75) is 37.7 Å². The van der Waals surface area contributed by atoms with Gasteiger partial charge in [0.25, 0.3) is 17.0 Å². The highest BCUT2D eigenvalue weighted by Gasteiger charge is 2.77. The van der Waals surface area contributed by atoms with E-state index < -0.39 is 52.0 Å². The van der Waals surface area contributed by atoms with Crippen molar-refractivity contribution in [3.63, 3.8) is 0 Å². The summed E-state index contributed by atoms with van der Waals surface area (Å²) in [6.07, 6.45) is -1.48. The van der Waals surface area contributed by atoms with E-state index in [9.17, 15) is 31.2 Å². The van der Waals surface area contributed by atoms with Crippen molar-refractivity contribution in [1.29, 1.82) is 0 Å². The van der Waals surface area contributed by atoms with Crippen LogP contribution in [0.2, 0.25) is 0 Å². The third-order valence-corrected chi connectivity index (χ3v) is 3.35. The van der Waals surface area contributed by atoms with Crippen LogP contribution in [0.25, 0.3) is 0 Å². The Morgan fingerprint density at radius 1 is 1.32 bits per heavy atom. The standard InChI is InChI=1S/C12H12F6N2O2/c1-6(2)4-10(14)12(16,17)11(15,7(13)5-20(10)18)8-3-9(21)19-22-8/h3,5-6H,4H2,1-2H3,(H,19,21)/t10-,11-/m1/s1. The number of nitrogens with one attached hydrogen (secondary N) is 1. The Balaban J connectivity index is 2.69. The average Bonchev–Trinajstić information content (AvgIpc) is 2.81. The fraction of sp³-hybridized carbons (Fsp3) is 0.583. The summed E-state index contributed by atoms with van der Waals surface area (Å²) in [4.78, 5) is 10.9. The Morgan fingerprint density at radius 3 is 2.36 bits per heavy atom. The monoisotopic (exact) mass is 330 g/mol. The third-order valence-electron chi connectivity index (χ3n) is 3.35. The Kier molecular flexibility index (Phi) is 3.61. The molecule has 1 aliphatic heterocycles. The van der Waals surface area contributed by atoms with Gasteiger partial charge in [-0.1, -0.05) is 18.3 Å². The van der Waals surface area contributed by atoms with Crippen molar-refractivity contribution >= 4 is 0 Å². The first-order chi connectivity index (χ1) is 9.96. The number of alkyl halides is 4. The molecule has 1 aliphatic rings. The second-order valence-corrected chi connectivity index (χ2v) is 5.46. The number of allylic oxidation sites excluding steroid dienone is 1. The van der Waals surface area contributed by atoms with Crippen LogP contribution in [0.15, 0.2) is 27.4 Å². The topological polar surface area (TPSA) is 49.2 Å². The van der Waals surface area contributed by atoms with Gasteiger partial charge in [0.05, 0.1) is 12.3 Å². The van der Waals surface area contributed by atoms with Gasteiger partial charge < -0.3 is 4.52 Å². The predicted molar refractivity (Wildman–Crippen MR) is 62.5 cm³/mol. The molecule has 1 aromatic heterocycles. The molecule has 0 aliphatic carbocycles. The summed E-state index contributed by atoms with van der Waals surface area (Å²) in [6, 6.07) is 0.213. The Bertz CT molecular complexity index is 654. The highest BCUT2D eigenvalue weighted by Crippen LogP contribution is 2.59. The predicted octanol–water partition coefficient (Wildman–Crippen LogP) is 3.49. The maximum absolute atomic E-state index is 14.7. The molecule has 22 heavy (non-hydrogen) atoms. The zero-order chi connectivity index (χ0) is 16.9. The lowest BCUT2D eigenvalue weighted by molar-refractivity contribution is -0.317. The molecule has 4 nitrogen and oxygen atoms in total. The molecule has 0 aromatic carbocycles. The minimum Gasteiger partial charge on any atom is -0.379 e. The lowest BCUT2D eigenvalue weighted by Crippen LogP contribution is -2.65. The van der Waals surface area contributed by atoms with E-state index >= 15 is 0 Å². The number of halogens is 6.